The third kappa shape index (κ3) is 2.96. The molecule has 94 valence electrons. The Morgan fingerprint density at radius 2 is 1.88 bits per heavy atom. The van der Waals surface area contributed by atoms with Gasteiger partial charge in [0, 0.05) is 31.9 Å². The first kappa shape index (κ1) is 12.3. The van der Waals surface area contributed by atoms with E-state index in [2.05, 4.69) is 16.7 Å². The molecule has 17 heavy (non-hydrogen) atoms. The van der Waals surface area contributed by atoms with E-state index in [1.54, 1.807) is 6.07 Å². The zero-order valence-corrected chi connectivity index (χ0v) is 10.2. The van der Waals surface area contributed by atoms with Crippen molar-refractivity contribution in [2.45, 2.75) is 13.5 Å². The highest BCUT2D eigenvalue weighted by molar-refractivity contribution is 5.49. The van der Waals surface area contributed by atoms with Gasteiger partial charge in [0.15, 0.2) is 0 Å². The quantitative estimate of drug-likeness (QED) is 0.863. The molecule has 2 rings (SSSR count). The summed E-state index contributed by atoms with van der Waals surface area (Å²) in [7, 11) is 0. The smallest absolute Gasteiger partial charge is 0.125 e. The van der Waals surface area contributed by atoms with Gasteiger partial charge in [-0.3, -0.25) is 0 Å². The minimum Gasteiger partial charge on any atom is -0.392 e. The van der Waals surface area contributed by atoms with Crippen LogP contribution >= 0.6 is 0 Å². The highest BCUT2D eigenvalue weighted by Gasteiger charge is 2.16. The van der Waals surface area contributed by atoms with Crippen LogP contribution in [0.1, 0.15) is 12.5 Å². The molecule has 1 fully saturated rings. The molecule has 1 aromatic carbocycles. The highest BCUT2D eigenvalue weighted by Crippen LogP contribution is 2.20. The van der Waals surface area contributed by atoms with Crippen molar-refractivity contribution < 1.29 is 9.50 Å². The van der Waals surface area contributed by atoms with Crippen LogP contribution in [0.2, 0.25) is 0 Å². The van der Waals surface area contributed by atoms with Crippen LogP contribution in [0.25, 0.3) is 0 Å². The van der Waals surface area contributed by atoms with Crippen LogP contribution in [-0.2, 0) is 6.61 Å². The van der Waals surface area contributed by atoms with Crippen molar-refractivity contribution in [1.29, 1.82) is 0 Å². The van der Waals surface area contributed by atoms with E-state index in [-0.39, 0.29) is 12.4 Å². The summed E-state index contributed by atoms with van der Waals surface area (Å²) < 4.78 is 13.4. The average Bonchev–Trinajstić information content (AvgIpc) is 2.38. The largest absolute Gasteiger partial charge is 0.392 e. The van der Waals surface area contributed by atoms with Gasteiger partial charge in [-0.2, -0.15) is 0 Å². The Labute approximate surface area is 101 Å². The molecule has 0 atom stereocenters. The molecule has 1 aromatic rings. The number of benzene rings is 1. The molecule has 3 nitrogen and oxygen atoms in total. The summed E-state index contributed by atoms with van der Waals surface area (Å²) in [6, 6.07) is 4.79. The lowest BCUT2D eigenvalue weighted by Gasteiger charge is -2.35. The van der Waals surface area contributed by atoms with Crippen LogP contribution in [0.3, 0.4) is 0 Å². The lowest BCUT2D eigenvalue weighted by Crippen LogP contribution is -2.46. The van der Waals surface area contributed by atoms with E-state index in [4.69, 9.17) is 5.11 Å². The maximum absolute atomic E-state index is 13.4. The Balaban J connectivity index is 2.10. The topological polar surface area (TPSA) is 26.7 Å². The molecule has 1 N–H and O–H groups in total. The minimum absolute atomic E-state index is 0.111. The van der Waals surface area contributed by atoms with Crippen LogP contribution in [0, 0.1) is 5.82 Å². The summed E-state index contributed by atoms with van der Waals surface area (Å²) >= 11 is 0. The summed E-state index contributed by atoms with van der Waals surface area (Å²) in [6.07, 6.45) is 0. The van der Waals surface area contributed by atoms with Gasteiger partial charge in [0.05, 0.1) is 6.61 Å². The standard InChI is InChI=1S/C13H19FN2O/c1-2-15-3-5-16(6-4-15)13-8-11(10-17)7-12(14)9-13/h7-9,17H,2-6,10H2,1H3. The summed E-state index contributed by atoms with van der Waals surface area (Å²) in [6.45, 7) is 6.98. The Morgan fingerprint density at radius 1 is 1.18 bits per heavy atom. The Bertz CT molecular complexity index is 376. The number of aliphatic hydroxyl groups excluding tert-OH is 1. The lowest BCUT2D eigenvalue weighted by atomic mass is 10.1. The van der Waals surface area contributed by atoms with Gasteiger partial charge in [-0.25, -0.2) is 4.39 Å². The first-order valence-corrected chi connectivity index (χ1v) is 6.10. The molecule has 1 aliphatic rings. The Kier molecular flexibility index (Phi) is 3.97. The first-order chi connectivity index (χ1) is 8.22. The van der Waals surface area contributed by atoms with Crippen molar-refractivity contribution in [1.82, 2.24) is 4.90 Å². The lowest BCUT2D eigenvalue weighted by molar-refractivity contribution is 0.270. The number of anilines is 1. The number of likely N-dealkylation sites (N-methyl/N-ethyl adjacent to an activating group) is 1. The SMILES string of the molecule is CCN1CCN(c2cc(F)cc(CO)c2)CC1. The van der Waals surface area contributed by atoms with E-state index in [1.807, 2.05) is 6.07 Å². The third-order valence-corrected chi connectivity index (χ3v) is 3.31. The maximum Gasteiger partial charge on any atom is 0.125 e. The van der Waals surface area contributed by atoms with Gasteiger partial charge in [0.1, 0.15) is 5.82 Å². The van der Waals surface area contributed by atoms with Crippen LogP contribution in [-0.4, -0.2) is 42.7 Å². The van der Waals surface area contributed by atoms with E-state index >= 15 is 0 Å². The van der Waals surface area contributed by atoms with E-state index in [0.717, 1.165) is 38.4 Å². The van der Waals surface area contributed by atoms with Crippen molar-refractivity contribution in [3.8, 4) is 0 Å². The highest BCUT2D eigenvalue weighted by atomic mass is 19.1. The van der Waals surface area contributed by atoms with Crippen LogP contribution in [0.5, 0.6) is 0 Å². The minimum atomic E-state index is -0.274. The monoisotopic (exact) mass is 238 g/mol. The predicted molar refractivity (Wildman–Crippen MR) is 66.6 cm³/mol. The molecule has 4 heteroatoms. The number of rotatable bonds is 3. The number of hydrogen-bond donors (Lipinski definition) is 1. The molecule has 0 saturated carbocycles. The van der Waals surface area contributed by atoms with E-state index in [0.29, 0.717) is 5.56 Å². The van der Waals surface area contributed by atoms with Crippen molar-refractivity contribution in [3.63, 3.8) is 0 Å². The molecule has 0 bridgehead atoms. The molecule has 1 saturated heterocycles. The molecule has 0 aromatic heterocycles. The fraction of sp³-hybridized carbons (Fsp3) is 0.538. The second kappa shape index (κ2) is 5.47. The van der Waals surface area contributed by atoms with Crippen molar-refractivity contribution in [2.75, 3.05) is 37.6 Å². The van der Waals surface area contributed by atoms with Crippen LogP contribution in [0.4, 0.5) is 10.1 Å². The second-order valence-corrected chi connectivity index (χ2v) is 4.40. The second-order valence-electron chi connectivity index (χ2n) is 4.40. The number of halogens is 1. The molecule has 0 unspecified atom stereocenters. The Hall–Kier alpha value is -1.13. The van der Waals surface area contributed by atoms with E-state index < -0.39 is 0 Å². The zero-order valence-electron chi connectivity index (χ0n) is 10.2. The Morgan fingerprint density at radius 3 is 2.47 bits per heavy atom. The summed E-state index contributed by atoms with van der Waals surface area (Å²) in [5.74, 6) is -0.274. The molecular formula is C13H19FN2O. The molecule has 0 amide bonds. The summed E-state index contributed by atoms with van der Waals surface area (Å²) in [4.78, 5) is 4.55. The normalized spacial score (nSPS) is 17.5. The van der Waals surface area contributed by atoms with Crippen LogP contribution in [0.15, 0.2) is 18.2 Å². The molecule has 0 spiro atoms. The van der Waals surface area contributed by atoms with Gasteiger partial charge in [0.2, 0.25) is 0 Å². The molecule has 1 aliphatic heterocycles. The fourth-order valence-electron chi connectivity index (χ4n) is 2.23. The molecule has 0 aliphatic carbocycles. The van der Waals surface area contributed by atoms with Crippen molar-refractivity contribution in [3.05, 3.63) is 29.6 Å². The first-order valence-electron chi connectivity index (χ1n) is 6.10. The number of nitrogens with zero attached hydrogens (tertiary/aromatic N) is 2. The van der Waals surface area contributed by atoms with Gasteiger partial charge in [-0.15, -0.1) is 0 Å². The van der Waals surface area contributed by atoms with E-state index in [1.165, 1.54) is 6.07 Å². The van der Waals surface area contributed by atoms with Crippen molar-refractivity contribution >= 4 is 5.69 Å². The maximum atomic E-state index is 13.4. The third-order valence-electron chi connectivity index (χ3n) is 3.31. The van der Waals surface area contributed by atoms with Gasteiger partial charge in [-0.05, 0) is 30.3 Å². The number of piperazine rings is 1. The van der Waals surface area contributed by atoms with E-state index in [9.17, 15) is 4.39 Å². The molecule has 0 radical (unpaired) electrons. The molecular weight excluding hydrogens is 219 g/mol. The number of aliphatic hydroxyl groups is 1. The molecule has 1 heterocycles. The summed E-state index contributed by atoms with van der Waals surface area (Å²) in [5.41, 5.74) is 1.52. The van der Waals surface area contributed by atoms with Crippen LogP contribution < -0.4 is 4.90 Å². The zero-order chi connectivity index (χ0) is 12.3. The average molecular weight is 238 g/mol. The van der Waals surface area contributed by atoms with Crippen molar-refractivity contribution in [2.24, 2.45) is 0 Å². The van der Waals surface area contributed by atoms with Gasteiger partial charge in [-0.1, -0.05) is 6.92 Å². The van der Waals surface area contributed by atoms with Gasteiger partial charge >= 0.3 is 0 Å². The van der Waals surface area contributed by atoms with Gasteiger partial charge in [0.25, 0.3) is 0 Å². The number of hydrogen-bond acceptors (Lipinski definition) is 3. The predicted octanol–water partition coefficient (Wildman–Crippen LogP) is 1.46. The fourth-order valence-corrected chi connectivity index (χ4v) is 2.23. The van der Waals surface area contributed by atoms with Gasteiger partial charge < -0.3 is 14.9 Å². The summed E-state index contributed by atoms with van der Waals surface area (Å²) in [5, 5.41) is 9.07.